The Labute approximate surface area is 262 Å². The highest BCUT2D eigenvalue weighted by Gasteiger charge is 2.60. The lowest BCUT2D eigenvalue weighted by Gasteiger charge is -2.65. The van der Waals surface area contributed by atoms with Gasteiger partial charge in [-0.3, -0.25) is 13.7 Å². The lowest BCUT2D eigenvalue weighted by Crippen LogP contribution is -2.83. The average molecular weight is 596 g/mol. The summed E-state index contributed by atoms with van der Waals surface area (Å²) in [6, 6.07) is 4.81. The molecule has 240 valence electrons. The van der Waals surface area contributed by atoms with Crippen molar-refractivity contribution < 1.29 is 0 Å². The van der Waals surface area contributed by atoms with Gasteiger partial charge < -0.3 is 0 Å². The first-order chi connectivity index (χ1) is 20.8. The van der Waals surface area contributed by atoms with Crippen LogP contribution in [0.15, 0.2) is 12.3 Å². The van der Waals surface area contributed by atoms with Crippen LogP contribution in [0.1, 0.15) is 193 Å². The van der Waals surface area contributed by atoms with Gasteiger partial charge >= 0.3 is 8.56 Å². The average Bonchev–Trinajstić information content (AvgIpc) is 3.08. The maximum atomic E-state index is 5.10. The van der Waals surface area contributed by atoms with Crippen LogP contribution >= 0.6 is 0 Å². The molecule has 0 bridgehead atoms. The van der Waals surface area contributed by atoms with Crippen molar-refractivity contribution >= 4 is 8.56 Å². The highest BCUT2D eigenvalue weighted by atomic mass is 28.4. The zero-order chi connectivity index (χ0) is 28.6. The lowest BCUT2D eigenvalue weighted by atomic mass is 9.90. The monoisotopic (exact) mass is 596 g/mol. The van der Waals surface area contributed by atoms with Crippen LogP contribution in [0.3, 0.4) is 0 Å². The molecule has 0 unspecified atom stereocenters. The van der Waals surface area contributed by atoms with E-state index in [4.69, 9.17) is 6.58 Å². The van der Waals surface area contributed by atoms with Gasteiger partial charge in [-0.1, -0.05) is 121 Å². The summed E-state index contributed by atoms with van der Waals surface area (Å²) in [5, 5.41) is 0. The van der Waals surface area contributed by atoms with E-state index in [-0.39, 0.29) is 0 Å². The van der Waals surface area contributed by atoms with Crippen LogP contribution in [0.25, 0.3) is 0 Å². The van der Waals surface area contributed by atoms with Crippen LogP contribution in [0.5, 0.6) is 0 Å². The second-order valence-corrected chi connectivity index (χ2v) is 19.2. The molecular formula is C38H69N3Si. The van der Waals surface area contributed by atoms with Crippen LogP contribution in [0, 0.1) is 0 Å². The molecule has 0 spiro atoms. The molecule has 0 saturated heterocycles. The molecule has 6 rings (SSSR count). The largest absolute Gasteiger partial charge is 0.316 e. The third-order valence-electron chi connectivity index (χ3n) is 13.2. The molecule has 0 amide bonds. The van der Waals surface area contributed by atoms with E-state index in [1.54, 1.807) is 0 Å². The molecule has 6 fully saturated rings. The van der Waals surface area contributed by atoms with E-state index in [0.29, 0.717) is 0 Å². The zero-order valence-electron chi connectivity index (χ0n) is 27.8. The first kappa shape index (κ1) is 31.8. The summed E-state index contributed by atoms with van der Waals surface area (Å²) >= 11 is 0. The molecule has 0 aromatic heterocycles. The summed E-state index contributed by atoms with van der Waals surface area (Å²) in [5.41, 5.74) is 2.79. The molecule has 0 aliphatic heterocycles. The third kappa shape index (κ3) is 6.97. The van der Waals surface area contributed by atoms with Crippen molar-refractivity contribution in [3.8, 4) is 0 Å². The topological polar surface area (TPSA) is 9.72 Å². The van der Waals surface area contributed by atoms with E-state index in [9.17, 15) is 0 Å². The van der Waals surface area contributed by atoms with Crippen LogP contribution in [0.2, 0.25) is 0 Å². The van der Waals surface area contributed by atoms with Crippen LogP contribution in [0.4, 0.5) is 0 Å². The van der Waals surface area contributed by atoms with Crippen molar-refractivity contribution in [3.05, 3.63) is 12.3 Å². The second-order valence-electron chi connectivity index (χ2n) is 15.9. The van der Waals surface area contributed by atoms with Crippen molar-refractivity contribution in [1.29, 1.82) is 0 Å². The molecule has 0 aromatic rings. The Hall–Kier alpha value is -0.163. The minimum Gasteiger partial charge on any atom is -0.291 e. The molecular weight excluding hydrogens is 527 g/mol. The van der Waals surface area contributed by atoms with E-state index < -0.39 is 8.56 Å². The van der Waals surface area contributed by atoms with Gasteiger partial charge in [0.05, 0.1) is 0 Å². The van der Waals surface area contributed by atoms with Crippen molar-refractivity contribution in [2.45, 2.75) is 229 Å². The Bertz CT molecular complexity index is 628. The number of hydrogen-bond donors (Lipinski definition) is 0. The summed E-state index contributed by atoms with van der Waals surface area (Å²) in [4.78, 5) is 0. The Kier molecular flexibility index (Phi) is 12.0. The van der Waals surface area contributed by atoms with Gasteiger partial charge in [0.2, 0.25) is 0 Å². The van der Waals surface area contributed by atoms with Crippen molar-refractivity contribution in [3.63, 3.8) is 0 Å². The fourth-order valence-corrected chi connectivity index (χ4v) is 17.6. The quantitative estimate of drug-likeness (QED) is 0.233. The normalized spacial score (nSPS) is 28.2. The molecule has 6 aliphatic rings. The van der Waals surface area contributed by atoms with Crippen LogP contribution in [-0.4, -0.2) is 58.5 Å². The lowest BCUT2D eigenvalue weighted by molar-refractivity contribution is 0.0439. The van der Waals surface area contributed by atoms with Gasteiger partial charge in [-0.05, 0) is 77.0 Å². The molecule has 0 radical (unpaired) electrons. The zero-order valence-corrected chi connectivity index (χ0v) is 28.8. The Morgan fingerprint density at radius 3 is 0.619 bits per heavy atom. The molecule has 0 N–H and O–H groups in total. The van der Waals surface area contributed by atoms with Gasteiger partial charge in [0.1, 0.15) is 0 Å². The highest BCUT2D eigenvalue weighted by molar-refractivity contribution is 6.77. The van der Waals surface area contributed by atoms with E-state index in [2.05, 4.69) is 19.4 Å². The first-order valence-corrected chi connectivity index (χ1v) is 21.7. The van der Waals surface area contributed by atoms with Crippen molar-refractivity contribution in [1.82, 2.24) is 13.7 Å². The summed E-state index contributed by atoms with van der Waals surface area (Å²) in [7, 11) is -2.42. The van der Waals surface area contributed by atoms with Crippen LogP contribution < -0.4 is 0 Å². The first-order valence-electron chi connectivity index (χ1n) is 19.8. The second kappa shape index (κ2) is 15.9. The molecule has 0 aromatic carbocycles. The Balaban J connectivity index is 1.54. The molecule has 3 nitrogen and oxygen atoms in total. The van der Waals surface area contributed by atoms with E-state index in [0.717, 1.165) is 36.3 Å². The minimum absolute atomic E-state index is 0.802. The highest BCUT2D eigenvalue weighted by Crippen LogP contribution is 2.46. The van der Waals surface area contributed by atoms with Crippen LogP contribution in [-0.2, 0) is 0 Å². The molecule has 42 heavy (non-hydrogen) atoms. The maximum Gasteiger partial charge on any atom is 0.316 e. The third-order valence-corrected chi connectivity index (χ3v) is 18.2. The van der Waals surface area contributed by atoms with E-state index in [1.807, 2.05) is 0 Å². The fraction of sp³-hybridized carbons (Fsp3) is 0.947. The molecule has 6 saturated carbocycles. The fourth-order valence-electron chi connectivity index (χ4n) is 11.4. The van der Waals surface area contributed by atoms with E-state index >= 15 is 0 Å². The molecule has 0 heterocycles. The minimum atomic E-state index is -2.42. The smallest absolute Gasteiger partial charge is 0.291 e. The van der Waals surface area contributed by atoms with Gasteiger partial charge in [0.15, 0.2) is 0 Å². The number of nitrogens with zero attached hydrogens (tertiary/aromatic N) is 3. The van der Waals surface area contributed by atoms with Gasteiger partial charge in [0, 0.05) is 36.3 Å². The van der Waals surface area contributed by atoms with Crippen molar-refractivity contribution in [2.75, 3.05) is 0 Å². The number of hydrogen-bond acceptors (Lipinski definition) is 3. The van der Waals surface area contributed by atoms with E-state index in [1.165, 1.54) is 193 Å². The van der Waals surface area contributed by atoms with Crippen molar-refractivity contribution in [2.24, 2.45) is 0 Å². The SMILES string of the molecule is C=C[Si](N(C1CCCCC1)C1CCCCC1)(N(C1CCCCC1)C1CCCCC1)N(C1CCCCC1)C1CCCCC1. The van der Waals surface area contributed by atoms with Gasteiger partial charge in [-0.15, -0.1) is 6.58 Å². The molecule has 0 atom stereocenters. The predicted molar refractivity (Wildman–Crippen MR) is 183 cm³/mol. The molecule has 4 heteroatoms. The van der Waals surface area contributed by atoms with Gasteiger partial charge in [-0.2, -0.15) is 0 Å². The summed E-state index contributed by atoms with van der Waals surface area (Å²) < 4.78 is 10.4. The maximum absolute atomic E-state index is 5.10. The summed E-state index contributed by atoms with van der Waals surface area (Å²) in [5.74, 6) is 0. The Morgan fingerprint density at radius 2 is 0.476 bits per heavy atom. The molecule has 6 aliphatic carbocycles. The predicted octanol–water partition coefficient (Wildman–Crippen LogP) is 10.6. The van der Waals surface area contributed by atoms with Gasteiger partial charge in [-0.25, -0.2) is 0 Å². The number of rotatable bonds is 10. The Morgan fingerprint density at radius 1 is 0.310 bits per heavy atom. The standard InChI is InChI=1S/C38H69N3Si/c1-2-42(39(33-21-9-3-10-22-33)34-23-11-4-12-24-34,40(35-25-13-5-14-26-35)36-27-15-6-16-28-36)41(37-29-17-7-18-30-37)38-31-19-8-20-32-38/h2,33-38H,1,3-32H2. The summed E-state index contributed by atoms with van der Waals surface area (Å²) in [6.45, 7) is 5.10. The summed E-state index contributed by atoms with van der Waals surface area (Å²) in [6.07, 6.45) is 44.0. The van der Waals surface area contributed by atoms with Gasteiger partial charge in [0.25, 0.3) is 0 Å².